The second kappa shape index (κ2) is 12.2. The minimum Gasteiger partial charge on any atom is -0.462 e. The number of halogens is 2. The highest BCUT2D eigenvalue weighted by molar-refractivity contribution is 7.30. The monoisotopic (exact) mass is 492 g/mol. The average molecular weight is 493 g/mol. The van der Waals surface area contributed by atoms with Gasteiger partial charge >= 0.3 is 11.9 Å². The number of rotatable bonds is 12. The Kier molecular flexibility index (Phi) is 9.36. The first kappa shape index (κ1) is 26.0. The first-order valence-electron chi connectivity index (χ1n) is 11.6. The number of aryl methyl sites for hydroxylation is 2. The van der Waals surface area contributed by atoms with Crippen molar-refractivity contribution in [3.8, 4) is 0 Å². The fraction of sp³-hybridized carbons (Fsp3) is 0.462. The topological polar surface area (TPSA) is 66.8 Å². The number of carbonyl (C=O) groups is 2. The van der Waals surface area contributed by atoms with Gasteiger partial charge in [-0.25, -0.2) is 4.79 Å². The lowest BCUT2D eigenvalue weighted by atomic mass is 10.0. The lowest BCUT2D eigenvalue weighted by Gasteiger charge is -2.21. The van der Waals surface area contributed by atoms with Crippen LogP contribution in [0.1, 0.15) is 47.3 Å². The van der Waals surface area contributed by atoms with Crippen LogP contribution in [0, 0.1) is 0 Å². The van der Waals surface area contributed by atoms with Gasteiger partial charge in [0, 0.05) is 25.5 Å². The van der Waals surface area contributed by atoms with Crippen molar-refractivity contribution >= 4 is 22.3 Å². The molecule has 0 radical (unpaired) electrons. The van der Waals surface area contributed by atoms with Crippen molar-refractivity contribution < 1.29 is 28.2 Å². The molecule has 184 valence electrons. The number of hydrogen-bond donors (Lipinski definition) is 1. The zero-order valence-electron chi connectivity index (χ0n) is 19.4. The number of amides is 1. The number of carbonyl (C=O) groups excluding carboxylic acids is 2. The smallest absolute Gasteiger partial charge is 0.391 e. The number of unbranched alkanes of at least 4 members (excludes halogenated alkanes) is 1. The number of likely N-dealkylation sites (tertiary alicyclic amines) is 1. The summed E-state index contributed by atoms with van der Waals surface area (Å²) in [7, 11) is 0.878. The van der Waals surface area contributed by atoms with E-state index in [2.05, 4.69) is 12.1 Å². The second-order valence-corrected chi connectivity index (χ2v) is 10.5. The highest BCUT2D eigenvalue weighted by Gasteiger charge is 2.52. The number of benzene rings is 1. The lowest BCUT2D eigenvalue weighted by molar-refractivity contribution is -0.148. The number of thiophene rings is 1. The maximum absolute atomic E-state index is 14.1. The molecule has 34 heavy (non-hydrogen) atoms. The minimum atomic E-state index is -3.40. The summed E-state index contributed by atoms with van der Waals surface area (Å²) in [4.78, 5) is 25.8. The fourth-order valence-electron chi connectivity index (χ4n) is 4.17. The number of aliphatic hydroxyl groups is 1. The number of aliphatic hydroxyl groups excluding tert-OH is 1. The molecular weight excluding hydrogens is 460 g/mol. The van der Waals surface area contributed by atoms with Crippen molar-refractivity contribution in [3.63, 3.8) is 0 Å². The van der Waals surface area contributed by atoms with E-state index in [4.69, 9.17) is 4.74 Å². The second-order valence-electron chi connectivity index (χ2n) is 8.50. The van der Waals surface area contributed by atoms with Gasteiger partial charge in [0.25, 0.3) is 10.8 Å². The van der Waals surface area contributed by atoms with Gasteiger partial charge in [0.1, 0.15) is 11.1 Å². The molecule has 1 fully saturated rings. The summed E-state index contributed by atoms with van der Waals surface area (Å²) in [6, 6.07) is 12.8. The van der Waals surface area contributed by atoms with Crippen molar-refractivity contribution in [2.24, 2.45) is 0 Å². The molecule has 1 N–H and O–H groups in total. The number of methoxy groups -OCH3 is 1. The van der Waals surface area contributed by atoms with Crippen molar-refractivity contribution in [3.05, 3.63) is 70.4 Å². The largest absolute Gasteiger partial charge is 0.462 e. The summed E-state index contributed by atoms with van der Waals surface area (Å²) in [5, 5.41) is 12.2. The van der Waals surface area contributed by atoms with Crippen LogP contribution in [0.25, 0.3) is 0 Å². The lowest BCUT2D eigenvalue weighted by Crippen LogP contribution is -2.36. The third kappa shape index (κ3) is 6.96. The molecule has 0 bridgehead atoms. The third-order valence-electron chi connectivity index (χ3n) is 5.98. The molecule has 1 aromatic heterocycles. The molecule has 0 saturated carbocycles. The molecule has 1 unspecified atom stereocenters. The van der Waals surface area contributed by atoms with E-state index in [0.717, 1.165) is 19.3 Å². The Morgan fingerprint density at radius 2 is 2.00 bits per heavy atom. The van der Waals surface area contributed by atoms with E-state index in [0.29, 0.717) is 23.5 Å². The molecule has 1 amide bonds. The van der Waals surface area contributed by atoms with Crippen molar-refractivity contribution in [1.29, 1.82) is 0 Å². The molecule has 3 rings (SSSR count). The Morgan fingerprint density at radius 3 is 2.74 bits per heavy atom. The minimum absolute atomic E-state index is 0.169. The highest BCUT2D eigenvalue weighted by atomic mass is 32.2. The number of alkyl halides is 2. The Bertz CT molecular complexity index is 976. The van der Waals surface area contributed by atoms with Gasteiger partial charge in [-0.1, -0.05) is 48.9 Å². The maximum atomic E-state index is 14.1. The Hall–Kier alpha value is -2.58. The molecule has 5 nitrogen and oxygen atoms in total. The highest BCUT2D eigenvalue weighted by Crippen LogP contribution is 2.35. The number of nitrogens with zero attached hydrogens (tertiary/aromatic N) is 1. The molecule has 0 aliphatic carbocycles. The summed E-state index contributed by atoms with van der Waals surface area (Å²) in [6.07, 6.45) is 5.45. The van der Waals surface area contributed by atoms with Crippen LogP contribution in [-0.2, 0) is 21.7 Å². The zero-order chi connectivity index (χ0) is 24.6. The van der Waals surface area contributed by atoms with Crippen LogP contribution in [-0.4, -0.2) is 53.6 Å². The number of hydrogen-bond acceptors (Lipinski definition) is 4. The van der Waals surface area contributed by atoms with Crippen LogP contribution in [0.5, 0.6) is 0 Å². The summed E-state index contributed by atoms with van der Waals surface area (Å²) in [5.74, 6) is -4.39. The third-order valence-corrected chi connectivity index (χ3v) is 8.06. The SMILES string of the molecule is COC(=O)c1ccc[s+]1CCCN1C(=O)C(F)(F)C[C@@H]1/C=C/[C@@H](O)CCCCc1ccccc1. The molecule has 0 spiro atoms. The average Bonchev–Trinajstić information content (AvgIpc) is 3.38. The molecule has 1 aliphatic rings. The Labute approximate surface area is 202 Å². The van der Waals surface area contributed by atoms with Crippen molar-refractivity contribution in [2.45, 2.75) is 62.3 Å². The van der Waals surface area contributed by atoms with E-state index in [1.165, 1.54) is 29.7 Å². The molecule has 3 atom stereocenters. The van der Waals surface area contributed by atoms with E-state index in [1.54, 1.807) is 12.1 Å². The summed E-state index contributed by atoms with van der Waals surface area (Å²) < 4.78 is 33.1. The van der Waals surface area contributed by atoms with Crippen LogP contribution in [0.4, 0.5) is 8.78 Å². The van der Waals surface area contributed by atoms with Gasteiger partial charge in [-0.3, -0.25) is 4.79 Å². The summed E-state index contributed by atoms with van der Waals surface area (Å²) in [5.41, 5.74) is 1.25. The fourth-order valence-corrected chi connectivity index (χ4v) is 5.93. The van der Waals surface area contributed by atoms with Crippen LogP contribution >= 0.6 is 10.5 Å². The predicted molar refractivity (Wildman–Crippen MR) is 129 cm³/mol. The van der Waals surface area contributed by atoms with Gasteiger partial charge in [-0.15, -0.1) is 0 Å². The van der Waals surface area contributed by atoms with E-state index < -0.39 is 46.8 Å². The normalized spacial score (nSPS) is 19.1. The van der Waals surface area contributed by atoms with E-state index in [-0.39, 0.29) is 6.54 Å². The summed E-state index contributed by atoms with van der Waals surface area (Å²) in [6.45, 7) is 0.169. The quantitative estimate of drug-likeness (QED) is 0.192. The van der Waals surface area contributed by atoms with Crippen molar-refractivity contribution in [1.82, 2.24) is 4.90 Å². The van der Waals surface area contributed by atoms with Crippen LogP contribution in [0.15, 0.2) is 60.0 Å². The molecule has 1 saturated heterocycles. The van der Waals surface area contributed by atoms with Gasteiger partial charge < -0.3 is 14.7 Å². The number of esters is 1. The number of ether oxygens (including phenoxy) is 1. The van der Waals surface area contributed by atoms with Crippen molar-refractivity contribution in [2.75, 3.05) is 13.7 Å². The van der Waals surface area contributed by atoms with Gasteiger partial charge in [-0.05, 0) is 41.4 Å². The van der Waals surface area contributed by atoms with Crippen LogP contribution in [0.2, 0.25) is 0 Å². The van der Waals surface area contributed by atoms with E-state index in [1.807, 2.05) is 23.6 Å². The van der Waals surface area contributed by atoms with E-state index >= 15 is 0 Å². The Balaban J connectivity index is 1.49. The molecule has 8 heteroatoms. The molecular formula is C26H32F2NO4S+. The zero-order valence-corrected chi connectivity index (χ0v) is 20.2. The van der Waals surface area contributed by atoms with E-state index in [9.17, 15) is 23.5 Å². The molecule has 2 aromatic rings. The first-order valence-corrected chi connectivity index (χ1v) is 13.0. The van der Waals surface area contributed by atoms with Crippen LogP contribution < -0.4 is 0 Å². The van der Waals surface area contributed by atoms with Crippen LogP contribution in [0.3, 0.4) is 0 Å². The maximum Gasteiger partial charge on any atom is 0.391 e. The molecule has 1 aromatic carbocycles. The van der Waals surface area contributed by atoms with Gasteiger partial charge in [-0.2, -0.15) is 8.78 Å². The van der Waals surface area contributed by atoms with Gasteiger partial charge in [0.05, 0.1) is 19.3 Å². The Morgan fingerprint density at radius 1 is 1.24 bits per heavy atom. The molecule has 2 heterocycles. The predicted octanol–water partition coefficient (Wildman–Crippen LogP) is 5.18. The first-order chi connectivity index (χ1) is 16.3. The standard InChI is InChI=1S/C26H32F2NO4S/c1-33-24(31)23-13-7-17-34(23)18-8-16-29-21(19-26(27,28)25(29)32)14-15-22(30)12-6-5-11-20-9-3-2-4-10-20/h2-4,7,9-10,13-15,17,21-22,30H,5-6,8,11-12,16,18-19H2,1H3/q+1/b15-14+/t21-,22-,34?/m0/s1. The summed E-state index contributed by atoms with van der Waals surface area (Å²) >= 11 is 0. The van der Waals surface area contributed by atoms with Gasteiger partial charge in [0.2, 0.25) is 0 Å². The van der Waals surface area contributed by atoms with Gasteiger partial charge in [0.15, 0.2) is 0 Å². The molecule has 1 aliphatic heterocycles.